The van der Waals surface area contributed by atoms with Gasteiger partial charge in [-0.25, -0.2) is 5.43 Å². The summed E-state index contributed by atoms with van der Waals surface area (Å²) in [5, 5.41) is 5.23. The van der Waals surface area contributed by atoms with E-state index < -0.39 is 0 Å². The molecular formula is C14H7BrCl2N2OS2. The van der Waals surface area contributed by atoms with E-state index in [1.807, 2.05) is 24.3 Å². The molecule has 1 N–H and O–H groups in total. The fourth-order valence-electron chi connectivity index (χ4n) is 1.79. The zero-order valence-corrected chi connectivity index (χ0v) is 15.5. The molecule has 0 bridgehead atoms. The Morgan fingerprint density at radius 1 is 1.23 bits per heavy atom. The van der Waals surface area contributed by atoms with Crippen LogP contribution in [0.15, 0.2) is 39.9 Å². The molecule has 3 rings (SSSR count). The Balaban J connectivity index is 1.80. The van der Waals surface area contributed by atoms with Crippen LogP contribution < -0.4 is 5.43 Å². The van der Waals surface area contributed by atoms with Gasteiger partial charge in [0.2, 0.25) is 0 Å². The predicted molar refractivity (Wildman–Crippen MR) is 98.9 cm³/mol. The quantitative estimate of drug-likeness (QED) is 0.411. The summed E-state index contributed by atoms with van der Waals surface area (Å²) >= 11 is 18.2. The number of carbonyl (C=O) groups excluding carboxylic acids is 1. The van der Waals surface area contributed by atoms with Crippen LogP contribution in [-0.4, -0.2) is 12.1 Å². The fourth-order valence-corrected chi connectivity index (χ4v) is 4.68. The molecule has 1 amide bonds. The third-order valence-electron chi connectivity index (χ3n) is 2.75. The third kappa shape index (κ3) is 3.36. The number of thiophene rings is 2. The van der Waals surface area contributed by atoms with E-state index in [1.165, 1.54) is 22.7 Å². The average molecular weight is 434 g/mol. The minimum atomic E-state index is -0.332. The molecule has 0 unspecified atom stereocenters. The lowest BCUT2D eigenvalue weighted by atomic mass is 10.2. The lowest BCUT2D eigenvalue weighted by molar-refractivity contribution is 0.0959. The molecule has 0 spiro atoms. The number of benzene rings is 1. The molecule has 0 saturated carbocycles. The van der Waals surface area contributed by atoms with Crippen LogP contribution in [0.3, 0.4) is 0 Å². The molecule has 0 fully saturated rings. The van der Waals surface area contributed by atoms with Gasteiger partial charge in [-0.1, -0.05) is 45.2 Å². The monoisotopic (exact) mass is 432 g/mol. The van der Waals surface area contributed by atoms with E-state index in [0.29, 0.717) is 14.2 Å². The van der Waals surface area contributed by atoms with Crippen LogP contribution >= 0.6 is 61.8 Å². The van der Waals surface area contributed by atoms with Crippen LogP contribution in [0.2, 0.25) is 9.36 Å². The van der Waals surface area contributed by atoms with Gasteiger partial charge in [0, 0.05) is 19.4 Å². The van der Waals surface area contributed by atoms with E-state index in [4.69, 9.17) is 23.2 Å². The van der Waals surface area contributed by atoms with E-state index in [0.717, 1.165) is 19.4 Å². The number of rotatable bonds is 3. The van der Waals surface area contributed by atoms with Crippen LogP contribution in [-0.2, 0) is 0 Å². The summed E-state index contributed by atoms with van der Waals surface area (Å²) in [4.78, 5) is 13.5. The van der Waals surface area contributed by atoms with Crippen molar-refractivity contribution in [3.63, 3.8) is 0 Å². The van der Waals surface area contributed by atoms with Gasteiger partial charge in [0.25, 0.3) is 5.91 Å². The zero-order valence-electron chi connectivity index (χ0n) is 10.8. The van der Waals surface area contributed by atoms with Crippen LogP contribution in [0.4, 0.5) is 0 Å². The smallest absolute Gasteiger partial charge is 0.266 e. The molecular weight excluding hydrogens is 427 g/mol. The minimum Gasteiger partial charge on any atom is -0.266 e. The Hall–Kier alpha value is -0.920. The second-order valence-corrected chi connectivity index (χ2v) is 8.32. The number of fused-ring (bicyclic) bond motifs is 1. The first-order valence-electron chi connectivity index (χ1n) is 6.01. The van der Waals surface area contributed by atoms with Crippen molar-refractivity contribution in [1.82, 2.24) is 5.43 Å². The van der Waals surface area contributed by atoms with Crippen molar-refractivity contribution >= 4 is 84.0 Å². The van der Waals surface area contributed by atoms with Crippen molar-refractivity contribution < 1.29 is 4.79 Å². The maximum atomic E-state index is 12.2. The summed E-state index contributed by atoms with van der Waals surface area (Å²) < 4.78 is 2.56. The van der Waals surface area contributed by atoms with Crippen molar-refractivity contribution in [2.24, 2.45) is 5.10 Å². The van der Waals surface area contributed by atoms with E-state index in [2.05, 4.69) is 26.5 Å². The van der Waals surface area contributed by atoms with Crippen molar-refractivity contribution in [2.45, 2.75) is 0 Å². The van der Waals surface area contributed by atoms with Crippen LogP contribution in [0, 0.1) is 0 Å². The van der Waals surface area contributed by atoms with Gasteiger partial charge < -0.3 is 0 Å². The number of hydrazone groups is 1. The number of hydrogen-bond donors (Lipinski definition) is 1. The standard InChI is InChI=1S/C14H7BrCl2N2OS2/c15-7-1-3-9-10(5-7)22-13(12(9)17)14(20)19-18-6-8-2-4-11(16)21-8/h1-6H,(H,19,20)/b18-6-. The second kappa shape index (κ2) is 6.68. The van der Waals surface area contributed by atoms with Gasteiger partial charge >= 0.3 is 0 Å². The Morgan fingerprint density at radius 2 is 2.05 bits per heavy atom. The summed E-state index contributed by atoms with van der Waals surface area (Å²) in [6.07, 6.45) is 1.55. The molecule has 3 aromatic rings. The zero-order chi connectivity index (χ0) is 15.7. The van der Waals surface area contributed by atoms with Crippen molar-refractivity contribution in [2.75, 3.05) is 0 Å². The highest BCUT2D eigenvalue weighted by molar-refractivity contribution is 9.10. The normalized spacial score (nSPS) is 11.4. The van der Waals surface area contributed by atoms with Crippen molar-refractivity contribution in [3.05, 3.63) is 53.9 Å². The molecule has 0 aliphatic heterocycles. The molecule has 0 atom stereocenters. The number of nitrogens with one attached hydrogen (secondary N) is 1. The highest BCUT2D eigenvalue weighted by Gasteiger charge is 2.16. The number of carbonyl (C=O) groups is 1. The van der Waals surface area contributed by atoms with E-state index in [9.17, 15) is 4.79 Å². The fraction of sp³-hybridized carbons (Fsp3) is 0. The first kappa shape index (κ1) is 16.0. The summed E-state index contributed by atoms with van der Waals surface area (Å²) in [7, 11) is 0. The Labute approximate surface area is 152 Å². The molecule has 0 aliphatic carbocycles. The largest absolute Gasteiger partial charge is 0.283 e. The maximum absolute atomic E-state index is 12.2. The number of nitrogens with zero attached hydrogens (tertiary/aromatic N) is 1. The lowest BCUT2D eigenvalue weighted by Gasteiger charge is -1.96. The van der Waals surface area contributed by atoms with Gasteiger partial charge in [-0.2, -0.15) is 5.10 Å². The average Bonchev–Trinajstić information content (AvgIpc) is 3.03. The first-order valence-corrected chi connectivity index (χ1v) is 9.19. The summed E-state index contributed by atoms with van der Waals surface area (Å²) in [6, 6.07) is 9.30. The molecule has 0 saturated heterocycles. The first-order chi connectivity index (χ1) is 10.5. The van der Waals surface area contributed by atoms with Crippen molar-refractivity contribution in [3.8, 4) is 0 Å². The summed E-state index contributed by atoms with van der Waals surface area (Å²) in [5.41, 5.74) is 2.48. The molecule has 112 valence electrons. The van der Waals surface area contributed by atoms with Gasteiger partial charge in [-0.05, 0) is 24.3 Å². The number of amides is 1. The summed E-state index contributed by atoms with van der Waals surface area (Å²) in [5.74, 6) is -0.332. The molecule has 22 heavy (non-hydrogen) atoms. The Kier molecular flexibility index (Phi) is 4.84. The lowest BCUT2D eigenvalue weighted by Crippen LogP contribution is -2.16. The highest BCUT2D eigenvalue weighted by Crippen LogP contribution is 2.36. The van der Waals surface area contributed by atoms with Gasteiger partial charge in [0.15, 0.2) is 0 Å². The molecule has 8 heteroatoms. The number of halogens is 3. The molecule has 1 aromatic carbocycles. The maximum Gasteiger partial charge on any atom is 0.283 e. The van der Waals surface area contributed by atoms with Gasteiger partial charge in [-0.15, -0.1) is 22.7 Å². The van der Waals surface area contributed by atoms with Crippen LogP contribution in [0.25, 0.3) is 10.1 Å². The van der Waals surface area contributed by atoms with Crippen LogP contribution in [0.5, 0.6) is 0 Å². The topological polar surface area (TPSA) is 41.5 Å². The highest BCUT2D eigenvalue weighted by atomic mass is 79.9. The molecule has 2 heterocycles. The Morgan fingerprint density at radius 3 is 2.77 bits per heavy atom. The van der Waals surface area contributed by atoms with Crippen LogP contribution in [0.1, 0.15) is 14.5 Å². The molecule has 0 radical (unpaired) electrons. The minimum absolute atomic E-state index is 0.332. The van der Waals surface area contributed by atoms with E-state index >= 15 is 0 Å². The molecule has 3 nitrogen and oxygen atoms in total. The van der Waals surface area contributed by atoms with Gasteiger partial charge in [0.1, 0.15) is 4.88 Å². The molecule has 2 aromatic heterocycles. The second-order valence-electron chi connectivity index (χ2n) is 4.23. The van der Waals surface area contributed by atoms with E-state index in [1.54, 1.807) is 12.3 Å². The van der Waals surface area contributed by atoms with E-state index in [-0.39, 0.29) is 5.91 Å². The van der Waals surface area contributed by atoms with Gasteiger partial charge in [0.05, 0.1) is 15.6 Å². The third-order valence-corrected chi connectivity index (χ3v) is 6.06. The number of hydrogen-bond acceptors (Lipinski definition) is 4. The Bertz CT molecular complexity index is 888. The summed E-state index contributed by atoms with van der Waals surface area (Å²) in [6.45, 7) is 0. The SMILES string of the molecule is O=C(N/N=C\c1ccc(Cl)s1)c1sc2cc(Br)ccc2c1Cl. The van der Waals surface area contributed by atoms with Crippen molar-refractivity contribution in [1.29, 1.82) is 0 Å². The molecule has 0 aliphatic rings. The predicted octanol–water partition coefficient (Wildman–Crippen LogP) is 5.80. The van der Waals surface area contributed by atoms with Gasteiger partial charge in [-0.3, -0.25) is 4.79 Å².